The van der Waals surface area contributed by atoms with E-state index in [1.54, 1.807) is 11.6 Å². The molecular weight excluding hydrogens is 178 g/mol. The van der Waals surface area contributed by atoms with E-state index in [-0.39, 0.29) is 5.56 Å². The largest absolute Gasteiger partial charge is 0.300 e. The van der Waals surface area contributed by atoms with E-state index in [0.29, 0.717) is 0 Å². The highest BCUT2D eigenvalue weighted by Gasteiger charge is 2.23. The lowest BCUT2D eigenvalue weighted by atomic mass is 10.2. The Kier molecular flexibility index (Phi) is 2.15. The van der Waals surface area contributed by atoms with Gasteiger partial charge in [-0.15, -0.1) is 0 Å². The summed E-state index contributed by atoms with van der Waals surface area (Å²) in [7, 11) is 1.78. The maximum atomic E-state index is 11.8. The van der Waals surface area contributed by atoms with Crippen molar-refractivity contribution in [2.24, 2.45) is 7.05 Å². The van der Waals surface area contributed by atoms with Gasteiger partial charge in [0.15, 0.2) is 0 Å². The molecule has 0 bridgehead atoms. The van der Waals surface area contributed by atoms with E-state index in [9.17, 15) is 4.79 Å². The third-order valence-electron chi connectivity index (χ3n) is 2.90. The van der Waals surface area contributed by atoms with Gasteiger partial charge in [-0.05, 0) is 13.5 Å². The molecule has 76 valence electrons. The minimum atomic E-state index is 0.114. The van der Waals surface area contributed by atoms with Crippen molar-refractivity contribution in [2.75, 3.05) is 6.54 Å². The molecule has 0 unspecified atom stereocenters. The Hall–Kier alpha value is -1.16. The summed E-state index contributed by atoms with van der Waals surface area (Å²) in [5, 5.41) is 0. The Morgan fingerprint density at radius 3 is 2.79 bits per heavy atom. The molecule has 1 aliphatic heterocycles. The van der Waals surface area contributed by atoms with Crippen molar-refractivity contribution >= 4 is 0 Å². The van der Waals surface area contributed by atoms with Crippen molar-refractivity contribution in [3.8, 4) is 0 Å². The highest BCUT2D eigenvalue weighted by Crippen LogP contribution is 2.16. The molecule has 0 aliphatic carbocycles. The molecule has 0 atom stereocenters. The molecule has 0 amide bonds. The van der Waals surface area contributed by atoms with Crippen molar-refractivity contribution in [2.45, 2.75) is 26.9 Å². The highest BCUT2D eigenvalue weighted by atomic mass is 16.1. The van der Waals surface area contributed by atoms with Crippen molar-refractivity contribution in [3.05, 3.63) is 27.4 Å². The lowest BCUT2D eigenvalue weighted by Gasteiger charge is -2.08. The topological polar surface area (TPSA) is 38.1 Å². The Labute approximate surface area is 83.2 Å². The van der Waals surface area contributed by atoms with Crippen LogP contribution in [0, 0.1) is 6.92 Å². The van der Waals surface area contributed by atoms with Crippen LogP contribution in [0.4, 0.5) is 0 Å². The summed E-state index contributed by atoms with van der Waals surface area (Å²) < 4.78 is 1.62. The molecule has 0 saturated carbocycles. The van der Waals surface area contributed by atoms with Crippen LogP contribution in [0.25, 0.3) is 0 Å². The number of aryl methyl sites for hydroxylation is 1. The summed E-state index contributed by atoms with van der Waals surface area (Å²) in [5.74, 6) is 0.798. The van der Waals surface area contributed by atoms with Crippen molar-refractivity contribution < 1.29 is 0 Å². The molecule has 0 spiro atoms. The predicted molar refractivity (Wildman–Crippen MR) is 54.0 cm³/mol. The molecule has 0 radical (unpaired) electrons. The Bertz CT molecular complexity index is 422. The van der Waals surface area contributed by atoms with Crippen LogP contribution in [-0.4, -0.2) is 21.0 Å². The first kappa shape index (κ1) is 9.40. The average molecular weight is 193 g/mol. The SMILES string of the molecule is CCN1Cc2nc(C)n(C)c(=O)c2C1. The second-order valence-corrected chi connectivity index (χ2v) is 3.75. The number of rotatable bonds is 1. The van der Waals surface area contributed by atoms with E-state index >= 15 is 0 Å². The molecule has 0 saturated heterocycles. The van der Waals surface area contributed by atoms with E-state index in [1.165, 1.54) is 0 Å². The summed E-state index contributed by atoms with van der Waals surface area (Å²) in [4.78, 5) is 18.5. The molecule has 14 heavy (non-hydrogen) atoms. The van der Waals surface area contributed by atoms with Crippen LogP contribution in [0.3, 0.4) is 0 Å². The fourth-order valence-corrected chi connectivity index (χ4v) is 1.82. The van der Waals surface area contributed by atoms with Crippen LogP contribution in [0.15, 0.2) is 4.79 Å². The first-order valence-corrected chi connectivity index (χ1v) is 4.91. The maximum Gasteiger partial charge on any atom is 0.258 e. The monoisotopic (exact) mass is 193 g/mol. The van der Waals surface area contributed by atoms with Gasteiger partial charge in [0.25, 0.3) is 5.56 Å². The van der Waals surface area contributed by atoms with Gasteiger partial charge in [0, 0.05) is 20.1 Å². The van der Waals surface area contributed by atoms with Gasteiger partial charge in [0.05, 0.1) is 11.3 Å². The summed E-state index contributed by atoms with van der Waals surface area (Å²) >= 11 is 0. The van der Waals surface area contributed by atoms with Gasteiger partial charge in [0.1, 0.15) is 5.82 Å². The highest BCUT2D eigenvalue weighted by molar-refractivity contribution is 5.22. The second-order valence-electron chi connectivity index (χ2n) is 3.75. The average Bonchev–Trinajstić information content (AvgIpc) is 2.57. The molecule has 1 aromatic heterocycles. The standard InChI is InChI=1S/C10H15N3O/c1-4-13-5-8-9(6-13)11-7(2)12(3)10(8)14/h4-6H2,1-3H3. The molecular formula is C10H15N3O. The fraction of sp³-hybridized carbons (Fsp3) is 0.600. The Morgan fingerprint density at radius 1 is 1.43 bits per heavy atom. The quantitative estimate of drug-likeness (QED) is 0.649. The third-order valence-corrected chi connectivity index (χ3v) is 2.90. The zero-order chi connectivity index (χ0) is 10.3. The van der Waals surface area contributed by atoms with Crippen LogP contribution >= 0.6 is 0 Å². The Morgan fingerprint density at radius 2 is 2.14 bits per heavy atom. The minimum absolute atomic E-state index is 0.114. The molecule has 2 heterocycles. The van der Waals surface area contributed by atoms with Crippen molar-refractivity contribution in [1.82, 2.24) is 14.5 Å². The minimum Gasteiger partial charge on any atom is -0.300 e. The second kappa shape index (κ2) is 3.20. The van der Waals surface area contributed by atoms with Gasteiger partial charge in [-0.25, -0.2) is 4.98 Å². The zero-order valence-electron chi connectivity index (χ0n) is 8.87. The van der Waals surface area contributed by atoms with E-state index in [4.69, 9.17) is 0 Å². The van der Waals surface area contributed by atoms with Crippen molar-refractivity contribution in [3.63, 3.8) is 0 Å². The lowest BCUT2D eigenvalue weighted by molar-refractivity contribution is 0.298. The summed E-state index contributed by atoms with van der Waals surface area (Å²) in [5.41, 5.74) is 1.95. The molecule has 0 aromatic carbocycles. The Balaban J connectivity index is 2.53. The summed E-state index contributed by atoms with van der Waals surface area (Å²) in [6.07, 6.45) is 0. The van der Waals surface area contributed by atoms with Crippen LogP contribution in [0.5, 0.6) is 0 Å². The first-order chi connectivity index (χ1) is 6.63. The van der Waals surface area contributed by atoms with E-state index in [2.05, 4.69) is 16.8 Å². The number of aromatic nitrogens is 2. The number of hydrogen-bond donors (Lipinski definition) is 0. The van der Waals surface area contributed by atoms with Gasteiger partial charge < -0.3 is 0 Å². The molecule has 2 rings (SSSR count). The van der Waals surface area contributed by atoms with Gasteiger partial charge in [-0.3, -0.25) is 14.3 Å². The fourth-order valence-electron chi connectivity index (χ4n) is 1.82. The van der Waals surface area contributed by atoms with E-state index in [0.717, 1.165) is 36.7 Å². The maximum absolute atomic E-state index is 11.8. The lowest BCUT2D eigenvalue weighted by Crippen LogP contribution is -2.25. The van der Waals surface area contributed by atoms with Gasteiger partial charge in [-0.2, -0.15) is 0 Å². The molecule has 1 aliphatic rings. The molecule has 1 aromatic rings. The van der Waals surface area contributed by atoms with Crippen LogP contribution < -0.4 is 5.56 Å². The van der Waals surface area contributed by atoms with Gasteiger partial charge >= 0.3 is 0 Å². The molecule has 0 N–H and O–H groups in total. The first-order valence-electron chi connectivity index (χ1n) is 4.91. The summed E-state index contributed by atoms with van der Waals surface area (Å²) in [6, 6.07) is 0. The molecule has 4 nitrogen and oxygen atoms in total. The number of fused-ring (bicyclic) bond motifs is 1. The van der Waals surface area contributed by atoms with Gasteiger partial charge in [0.2, 0.25) is 0 Å². The van der Waals surface area contributed by atoms with Crippen LogP contribution in [0.1, 0.15) is 24.0 Å². The van der Waals surface area contributed by atoms with Gasteiger partial charge in [-0.1, -0.05) is 6.92 Å². The molecule has 4 heteroatoms. The number of nitrogens with zero attached hydrogens (tertiary/aromatic N) is 3. The predicted octanol–water partition coefficient (Wildman–Crippen LogP) is 0.424. The van der Waals surface area contributed by atoms with E-state index < -0.39 is 0 Å². The molecule has 0 fully saturated rings. The summed E-state index contributed by atoms with van der Waals surface area (Å²) in [6.45, 7) is 6.52. The van der Waals surface area contributed by atoms with Crippen LogP contribution in [-0.2, 0) is 20.1 Å². The van der Waals surface area contributed by atoms with E-state index in [1.807, 2.05) is 6.92 Å². The number of hydrogen-bond acceptors (Lipinski definition) is 3. The zero-order valence-corrected chi connectivity index (χ0v) is 8.87. The normalized spacial score (nSPS) is 15.9. The smallest absolute Gasteiger partial charge is 0.258 e. The van der Waals surface area contributed by atoms with Crippen molar-refractivity contribution in [1.29, 1.82) is 0 Å². The third kappa shape index (κ3) is 1.26. The van der Waals surface area contributed by atoms with Crippen LogP contribution in [0.2, 0.25) is 0 Å².